The number of hydrogen-bond acceptors (Lipinski definition) is 0. The van der Waals surface area contributed by atoms with Crippen LogP contribution in [0.25, 0.3) is 0 Å². The molecular formula is C6H12Br2. The Morgan fingerprint density at radius 3 is 1.88 bits per heavy atom. The zero-order valence-corrected chi connectivity index (χ0v) is 8.50. The SMILES string of the molecule is C=CC.CC(Br)CBr. The molecule has 0 aliphatic carbocycles. The van der Waals surface area contributed by atoms with E-state index in [0.29, 0.717) is 4.83 Å². The summed E-state index contributed by atoms with van der Waals surface area (Å²) in [5.74, 6) is 0. The van der Waals surface area contributed by atoms with Gasteiger partial charge >= 0.3 is 0 Å². The molecular weight excluding hydrogens is 232 g/mol. The highest BCUT2D eigenvalue weighted by atomic mass is 79.9. The van der Waals surface area contributed by atoms with Crippen LogP contribution in [0.1, 0.15) is 13.8 Å². The summed E-state index contributed by atoms with van der Waals surface area (Å²) in [6.07, 6.45) is 1.75. The maximum atomic E-state index is 3.36. The van der Waals surface area contributed by atoms with Gasteiger partial charge in [-0.3, -0.25) is 0 Å². The van der Waals surface area contributed by atoms with Crippen molar-refractivity contribution in [2.24, 2.45) is 0 Å². The predicted octanol–water partition coefficient (Wildman–Crippen LogP) is 3.36. The first-order valence-electron chi connectivity index (χ1n) is 2.46. The van der Waals surface area contributed by atoms with Crippen molar-refractivity contribution in [3.05, 3.63) is 12.7 Å². The minimum atomic E-state index is 0.613. The number of alkyl halides is 2. The van der Waals surface area contributed by atoms with Crippen LogP contribution in [-0.4, -0.2) is 10.2 Å². The quantitative estimate of drug-likeness (QED) is 0.490. The second-order valence-corrected chi connectivity index (χ2v) is 3.55. The molecule has 50 valence electrons. The van der Waals surface area contributed by atoms with E-state index in [1.807, 2.05) is 6.92 Å². The Balaban J connectivity index is 0. The van der Waals surface area contributed by atoms with Gasteiger partial charge in [-0.2, -0.15) is 0 Å². The topological polar surface area (TPSA) is 0 Å². The van der Waals surface area contributed by atoms with Gasteiger partial charge in [0.25, 0.3) is 0 Å². The Morgan fingerprint density at radius 1 is 1.75 bits per heavy atom. The lowest BCUT2D eigenvalue weighted by Gasteiger charge is -1.86. The Bertz CT molecular complexity index is 41.8. The highest BCUT2D eigenvalue weighted by molar-refractivity contribution is 9.12. The third-order valence-electron chi connectivity index (χ3n) is 0.213. The van der Waals surface area contributed by atoms with Gasteiger partial charge in [0.15, 0.2) is 0 Å². The lowest BCUT2D eigenvalue weighted by atomic mass is 10.6. The molecule has 0 saturated heterocycles. The monoisotopic (exact) mass is 242 g/mol. The maximum absolute atomic E-state index is 3.36. The van der Waals surface area contributed by atoms with E-state index >= 15 is 0 Å². The van der Waals surface area contributed by atoms with E-state index in [-0.39, 0.29) is 0 Å². The zero-order chi connectivity index (χ0) is 6.99. The Labute approximate surface area is 68.6 Å². The van der Waals surface area contributed by atoms with E-state index in [1.54, 1.807) is 6.08 Å². The second kappa shape index (κ2) is 10.6. The smallest absolute Gasteiger partial charge is 0.0214 e. The summed E-state index contributed by atoms with van der Waals surface area (Å²) in [5.41, 5.74) is 0. The molecule has 0 aromatic rings. The highest BCUT2D eigenvalue weighted by Gasteiger charge is 1.84. The fraction of sp³-hybridized carbons (Fsp3) is 0.667. The Kier molecular flexibility index (Phi) is 15.3. The summed E-state index contributed by atoms with van der Waals surface area (Å²) in [7, 11) is 0. The average molecular weight is 244 g/mol. The van der Waals surface area contributed by atoms with E-state index in [1.165, 1.54) is 0 Å². The van der Waals surface area contributed by atoms with Crippen molar-refractivity contribution >= 4 is 31.9 Å². The molecule has 0 nitrogen and oxygen atoms in total. The van der Waals surface area contributed by atoms with Gasteiger partial charge in [0.1, 0.15) is 0 Å². The molecule has 0 amide bonds. The van der Waals surface area contributed by atoms with Crippen molar-refractivity contribution in [3.63, 3.8) is 0 Å². The van der Waals surface area contributed by atoms with Crippen molar-refractivity contribution in [2.45, 2.75) is 18.7 Å². The number of allylic oxidation sites excluding steroid dienone is 1. The van der Waals surface area contributed by atoms with Crippen molar-refractivity contribution in [1.29, 1.82) is 0 Å². The van der Waals surface area contributed by atoms with E-state index in [0.717, 1.165) is 5.33 Å². The zero-order valence-electron chi connectivity index (χ0n) is 5.32. The number of halogens is 2. The summed E-state index contributed by atoms with van der Waals surface area (Å²) in [6.45, 7) is 7.34. The fourth-order valence-electron chi connectivity index (χ4n) is 0. The summed E-state index contributed by atoms with van der Waals surface area (Å²) in [6, 6.07) is 0. The van der Waals surface area contributed by atoms with Crippen LogP contribution in [0.2, 0.25) is 0 Å². The molecule has 0 aromatic carbocycles. The van der Waals surface area contributed by atoms with Crippen LogP contribution in [0.4, 0.5) is 0 Å². The third-order valence-corrected chi connectivity index (χ3v) is 2.38. The van der Waals surface area contributed by atoms with Gasteiger partial charge in [0.2, 0.25) is 0 Å². The van der Waals surface area contributed by atoms with Crippen LogP contribution in [-0.2, 0) is 0 Å². The minimum absolute atomic E-state index is 0.613. The summed E-state index contributed by atoms with van der Waals surface area (Å²) in [5, 5.41) is 1.03. The first-order valence-corrected chi connectivity index (χ1v) is 4.49. The van der Waals surface area contributed by atoms with Crippen LogP contribution in [0.3, 0.4) is 0 Å². The second-order valence-electron chi connectivity index (χ2n) is 1.34. The largest absolute Gasteiger partial charge is 0.103 e. The molecule has 0 bridgehead atoms. The van der Waals surface area contributed by atoms with Crippen molar-refractivity contribution in [2.75, 3.05) is 5.33 Å². The molecule has 1 atom stereocenters. The molecule has 2 heteroatoms. The Hall–Kier alpha value is 0.700. The van der Waals surface area contributed by atoms with Gasteiger partial charge in [-0.05, 0) is 6.92 Å². The molecule has 0 heterocycles. The molecule has 1 unspecified atom stereocenters. The van der Waals surface area contributed by atoms with Crippen LogP contribution in [0.15, 0.2) is 12.7 Å². The molecule has 0 aromatic heterocycles. The molecule has 0 aliphatic heterocycles. The molecule has 0 spiro atoms. The average Bonchev–Trinajstić information content (AvgIpc) is 1.69. The Morgan fingerprint density at radius 2 is 1.88 bits per heavy atom. The minimum Gasteiger partial charge on any atom is -0.103 e. The number of hydrogen-bond donors (Lipinski definition) is 0. The van der Waals surface area contributed by atoms with Gasteiger partial charge in [-0.15, -0.1) is 6.58 Å². The van der Waals surface area contributed by atoms with Crippen molar-refractivity contribution in [3.8, 4) is 0 Å². The summed E-state index contributed by atoms with van der Waals surface area (Å²) < 4.78 is 0. The first-order chi connectivity index (χ1) is 3.68. The molecule has 0 fully saturated rings. The maximum Gasteiger partial charge on any atom is 0.0214 e. The molecule has 0 rings (SSSR count). The highest BCUT2D eigenvalue weighted by Crippen LogP contribution is 1.99. The summed E-state index contributed by atoms with van der Waals surface area (Å²) >= 11 is 6.59. The first kappa shape index (κ1) is 11.5. The van der Waals surface area contributed by atoms with Gasteiger partial charge in [-0.1, -0.05) is 44.9 Å². The van der Waals surface area contributed by atoms with Crippen molar-refractivity contribution < 1.29 is 0 Å². The van der Waals surface area contributed by atoms with Crippen LogP contribution < -0.4 is 0 Å². The van der Waals surface area contributed by atoms with Gasteiger partial charge < -0.3 is 0 Å². The number of rotatable bonds is 1. The molecule has 8 heavy (non-hydrogen) atoms. The molecule has 0 N–H and O–H groups in total. The lowest BCUT2D eigenvalue weighted by molar-refractivity contribution is 1.17. The van der Waals surface area contributed by atoms with E-state index in [9.17, 15) is 0 Å². The van der Waals surface area contributed by atoms with Gasteiger partial charge in [0.05, 0.1) is 0 Å². The standard InChI is InChI=1S/C3H6Br2.C3H6/c1-3(5)2-4;1-3-2/h3H,2H2,1H3;3H,1H2,2H3. The van der Waals surface area contributed by atoms with E-state index < -0.39 is 0 Å². The van der Waals surface area contributed by atoms with Gasteiger partial charge in [-0.25, -0.2) is 0 Å². The lowest BCUT2D eigenvalue weighted by Crippen LogP contribution is -1.85. The van der Waals surface area contributed by atoms with E-state index in [2.05, 4.69) is 45.4 Å². The van der Waals surface area contributed by atoms with Crippen LogP contribution in [0.5, 0.6) is 0 Å². The molecule has 0 saturated carbocycles. The van der Waals surface area contributed by atoms with Gasteiger partial charge in [0, 0.05) is 10.2 Å². The van der Waals surface area contributed by atoms with Crippen molar-refractivity contribution in [1.82, 2.24) is 0 Å². The molecule has 0 radical (unpaired) electrons. The normalized spacial score (nSPS) is 11.0. The summed E-state index contributed by atoms with van der Waals surface area (Å²) in [4.78, 5) is 0.613. The third kappa shape index (κ3) is 29.9. The molecule has 0 aliphatic rings. The van der Waals surface area contributed by atoms with E-state index in [4.69, 9.17) is 0 Å². The van der Waals surface area contributed by atoms with Crippen LogP contribution >= 0.6 is 31.9 Å². The predicted molar refractivity (Wildman–Crippen MR) is 48.1 cm³/mol. The fourth-order valence-corrected chi connectivity index (χ4v) is 0. The van der Waals surface area contributed by atoms with Crippen LogP contribution in [0, 0.1) is 0 Å².